The second-order valence-electron chi connectivity index (χ2n) is 7.24. The van der Waals surface area contributed by atoms with Crippen molar-refractivity contribution in [1.29, 1.82) is 0 Å². The Kier molecular flexibility index (Phi) is 3.56. The molecular formula is C17H22N4O5. The summed E-state index contributed by atoms with van der Waals surface area (Å²) in [5, 5.41) is 25.8. The molecule has 2 fully saturated rings. The summed E-state index contributed by atoms with van der Waals surface area (Å²) in [5.74, 6) is -0.401. The van der Waals surface area contributed by atoms with E-state index < -0.39 is 35.5 Å². The highest BCUT2D eigenvalue weighted by atomic mass is 16.6. The summed E-state index contributed by atoms with van der Waals surface area (Å²) in [6.45, 7) is 5.26. The van der Waals surface area contributed by atoms with Crippen LogP contribution in [0.25, 0.3) is 5.52 Å². The smallest absolute Gasteiger partial charge is 0.309 e. The number of nitrogens with two attached hydrogens (primary N) is 1. The lowest BCUT2D eigenvalue weighted by Gasteiger charge is -2.23. The van der Waals surface area contributed by atoms with Gasteiger partial charge < -0.3 is 25.4 Å². The molecule has 3 heterocycles. The van der Waals surface area contributed by atoms with Gasteiger partial charge in [0.25, 0.3) is 0 Å². The van der Waals surface area contributed by atoms with E-state index in [2.05, 4.69) is 10.1 Å². The molecule has 1 saturated heterocycles. The third-order valence-electron chi connectivity index (χ3n) is 5.77. The molecule has 1 aliphatic carbocycles. The van der Waals surface area contributed by atoms with Crippen LogP contribution >= 0.6 is 0 Å². The Morgan fingerprint density at radius 2 is 2.27 bits per heavy atom. The number of aliphatic hydroxyl groups is 2. The molecule has 2 aromatic rings. The predicted octanol–water partition coefficient (Wildman–Crippen LogP) is 0.205. The van der Waals surface area contributed by atoms with E-state index in [1.54, 1.807) is 26.0 Å². The van der Waals surface area contributed by atoms with Crippen molar-refractivity contribution in [3.05, 3.63) is 24.2 Å². The van der Waals surface area contributed by atoms with E-state index in [-0.39, 0.29) is 5.92 Å². The second-order valence-corrected chi connectivity index (χ2v) is 7.24. The molecule has 2 aromatic heterocycles. The summed E-state index contributed by atoms with van der Waals surface area (Å²) in [7, 11) is 0. The average molecular weight is 362 g/mol. The zero-order chi connectivity index (χ0) is 18.9. The van der Waals surface area contributed by atoms with Gasteiger partial charge in [-0.3, -0.25) is 4.79 Å². The number of carbonyl (C=O) groups excluding carboxylic acids is 1. The zero-order valence-corrected chi connectivity index (χ0v) is 14.8. The summed E-state index contributed by atoms with van der Waals surface area (Å²) >= 11 is 0. The summed E-state index contributed by atoms with van der Waals surface area (Å²) < 4.78 is 12.9. The number of hydrogen-bond donors (Lipinski definition) is 3. The Morgan fingerprint density at radius 3 is 2.88 bits per heavy atom. The number of carbonyl (C=O) groups is 1. The highest BCUT2D eigenvalue weighted by Crippen LogP contribution is 2.64. The summed E-state index contributed by atoms with van der Waals surface area (Å²) in [5.41, 5.74) is 4.10. The van der Waals surface area contributed by atoms with Crippen LogP contribution in [0.4, 0.5) is 5.82 Å². The van der Waals surface area contributed by atoms with Crippen molar-refractivity contribution in [3.63, 3.8) is 0 Å². The van der Waals surface area contributed by atoms with Gasteiger partial charge in [0.1, 0.15) is 29.7 Å². The maximum Gasteiger partial charge on any atom is 0.309 e. The molecule has 140 valence electrons. The minimum atomic E-state index is -1.66. The molecule has 0 amide bonds. The third-order valence-corrected chi connectivity index (χ3v) is 5.77. The normalized spacial score (nSPS) is 36.7. The molecule has 0 bridgehead atoms. The molecule has 6 atom stereocenters. The van der Waals surface area contributed by atoms with E-state index in [1.165, 1.54) is 10.8 Å². The van der Waals surface area contributed by atoms with Gasteiger partial charge in [0.05, 0.1) is 11.6 Å². The summed E-state index contributed by atoms with van der Waals surface area (Å²) in [6, 6.07) is 3.43. The van der Waals surface area contributed by atoms with Crippen LogP contribution in [0.1, 0.15) is 39.0 Å². The predicted molar refractivity (Wildman–Crippen MR) is 89.9 cm³/mol. The summed E-state index contributed by atoms with van der Waals surface area (Å²) in [6.07, 6.45) is -1.09. The van der Waals surface area contributed by atoms with Gasteiger partial charge in [-0.1, -0.05) is 13.8 Å². The van der Waals surface area contributed by atoms with Gasteiger partial charge >= 0.3 is 5.97 Å². The lowest BCUT2D eigenvalue weighted by molar-refractivity contribution is -0.161. The summed E-state index contributed by atoms with van der Waals surface area (Å²) in [4.78, 5) is 16.0. The lowest BCUT2D eigenvalue weighted by Crippen LogP contribution is -2.36. The molecule has 1 unspecified atom stereocenters. The van der Waals surface area contributed by atoms with Crippen LogP contribution in [-0.4, -0.2) is 54.2 Å². The first-order chi connectivity index (χ1) is 12.3. The fourth-order valence-corrected chi connectivity index (χ4v) is 3.74. The van der Waals surface area contributed by atoms with Crippen molar-refractivity contribution >= 4 is 17.3 Å². The highest BCUT2D eigenvalue weighted by molar-refractivity contribution is 5.73. The van der Waals surface area contributed by atoms with Crippen molar-refractivity contribution in [2.24, 2.45) is 5.92 Å². The minimum absolute atomic E-state index is 0.286. The van der Waals surface area contributed by atoms with Gasteiger partial charge in [0.15, 0.2) is 17.5 Å². The molecule has 2 aliphatic rings. The zero-order valence-electron chi connectivity index (χ0n) is 14.8. The van der Waals surface area contributed by atoms with E-state index in [0.717, 1.165) is 0 Å². The van der Waals surface area contributed by atoms with E-state index in [1.807, 2.05) is 6.92 Å². The van der Waals surface area contributed by atoms with Gasteiger partial charge in [0, 0.05) is 0 Å². The topological polar surface area (TPSA) is 132 Å². The Bertz CT molecular complexity index is 885. The number of fused-ring (bicyclic) bond motifs is 2. The monoisotopic (exact) mass is 362 g/mol. The standard InChI is InChI=1S/C17H22N4O5/c1-4-8(2)14(23)25-15-16(3)17(15,24)12(22)11(26-16)9-5-6-10-13(18)19-7-20-21(9)10/h5-8,11-12,15,22,24H,4H2,1-3H3,(H2,18,19,20)/t8-,11+,12+,15?,16-,17-/m1/s1. The van der Waals surface area contributed by atoms with Crippen LogP contribution < -0.4 is 5.73 Å². The second kappa shape index (κ2) is 5.38. The SMILES string of the molecule is CC[C@@H](C)C(=O)OC1[C@@]2(C)O[C@@H](c3ccc4c(N)ncnn34)[C@H](O)[C@@]12O. The van der Waals surface area contributed by atoms with Gasteiger partial charge in [-0.15, -0.1) is 0 Å². The Hall–Kier alpha value is -2.23. The number of hydrogen-bond acceptors (Lipinski definition) is 8. The van der Waals surface area contributed by atoms with Crippen LogP contribution in [0.15, 0.2) is 18.5 Å². The first-order valence-electron chi connectivity index (χ1n) is 8.62. The quantitative estimate of drug-likeness (QED) is 0.657. The van der Waals surface area contributed by atoms with Crippen molar-refractivity contribution in [1.82, 2.24) is 14.6 Å². The van der Waals surface area contributed by atoms with Crippen LogP contribution in [0.2, 0.25) is 0 Å². The Morgan fingerprint density at radius 1 is 1.54 bits per heavy atom. The van der Waals surface area contributed by atoms with Crippen LogP contribution in [0.3, 0.4) is 0 Å². The number of esters is 1. The minimum Gasteiger partial charge on any atom is -0.456 e. The molecule has 4 rings (SSSR count). The molecule has 26 heavy (non-hydrogen) atoms. The van der Waals surface area contributed by atoms with Crippen LogP contribution in [0, 0.1) is 5.92 Å². The first kappa shape index (κ1) is 17.2. The van der Waals surface area contributed by atoms with Crippen molar-refractivity contribution in [3.8, 4) is 0 Å². The molecule has 1 saturated carbocycles. The van der Waals surface area contributed by atoms with Gasteiger partial charge in [-0.2, -0.15) is 5.10 Å². The van der Waals surface area contributed by atoms with Crippen molar-refractivity contribution in [2.75, 3.05) is 5.73 Å². The molecular weight excluding hydrogens is 340 g/mol. The number of nitrogen functional groups attached to an aromatic ring is 1. The first-order valence-corrected chi connectivity index (χ1v) is 8.62. The molecule has 0 spiro atoms. The number of ether oxygens (including phenoxy) is 2. The van der Waals surface area contributed by atoms with Crippen LogP contribution in [-0.2, 0) is 14.3 Å². The molecule has 9 heteroatoms. The average Bonchev–Trinajstić information content (AvgIpc) is 2.94. The molecule has 0 radical (unpaired) electrons. The van der Waals surface area contributed by atoms with E-state index in [4.69, 9.17) is 15.2 Å². The third kappa shape index (κ3) is 1.99. The Labute approximate surface area is 149 Å². The number of aromatic nitrogens is 3. The van der Waals surface area contributed by atoms with Crippen molar-refractivity contribution in [2.45, 2.75) is 56.7 Å². The lowest BCUT2D eigenvalue weighted by atomic mass is 10.0. The number of nitrogens with zero attached hydrogens (tertiary/aromatic N) is 3. The molecule has 1 aliphatic heterocycles. The largest absolute Gasteiger partial charge is 0.456 e. The molecule has 9 nitrogen and oxygen atoms in total. The van der Waals surface area contributed by atoms with E-state index in [0.29, 0.717) is 23.4 Å². The molecule has 0 aromatic carbocycles. The van der Waals surface area contributed by atoms with Gasteiger partial charge in [0.2, 0.25) is 0 Å². The van der Waals surface area contributed by atoms with Crippen LogP contribution in [0.5, 0.6) is 0 Å². The number of rotatable bonds is 4. The van der Waals surface area contributed by atoms with E-state index >= 15 is 0 Å². The van der Waals surface area contributed by atoms with Gasteiger partial charge in [-0.25, -0.2) is 9.50 Å². The number of aliphatic hydroxyl groups excluding tert-OH is 1. The fraction of sp³-hybridized carbons (Fsp3) is 0.588. The number of anilines is 1. The molecule has 4 N–H and O–H groups in total. The van der Waals surface area contributed by atoms with E-state index in [9.17, 15) is 15.0 Å². The maximum absolute atomic E-state index is 12.1. The highest BCUT2D eigenvalue weighted by Gasteiger charge is 2.87. The van der Waals surface area contributed by atoms with Crippen molar-refractivity contribution < 1.29 is 24.5 Å². The fourth-order valence-electron chi connectivity index (χ4n) is 3.74. The van der Waals surface area contributed by atoms with Gasteiger partial charge in [-0.05, 0) is 25.5 Å². The maximum atomic E-state index is 12.1. The Balaban J connectivity index is 1.61.